The molecule has 1 N–H and O–H groups in total. The second-order valence-corrected chi connectivity index (χ2v) is 6.63. The first-order valence-electron chi connectivity index (χ1n) is 9.35. The summed E-state index contributed by atoms with van der Waals surface area (Å²) >= 11 is 0. The van der Waals surface area contributed by atoms with Gasteiger partial charge in [-0.1, -0.05) is 30.3 Å². The van der Waals surface area contributed by atoms with E-state index < -0.39 is 0 Å². The van der Waals surface area contributed by atoms with E-state index in [1.54, 1.807) is 21.9 Å². The van der Waals surface area contributed by atoms with E-state index >= 15 is 0 Å². The van der Waals surface area contributed by atoms with Crippen molar-refractivity contribution in [2.75, 3.05) is 32.7 Å². The number of benzene rings is 1. The van der Waals surface area contributed by atoms with E-state index in [4.69, 9.17) is 0 Å². The van der Waals surface area contributed by atoms with Crippen LogP contribution in [0.15, 0.2) is 30.3 Å². The molecule has 0 radical (unpaired) electrons. The Morgan fingerprint density at radius 2 is 1.52 bits per heavy atom. The first-order valence-corrected chi connectivity index (χ1v) is 9.35. The van der Waals surface area contributed by atoms with Crippen molar-refractivity contribution in [1.29, 1.82) is 0 Å². The smallest absolute Gasteiger partial charge is 0.224 e. The predicted octanol–water partition coefficient (Wildman–Crippen LogP) is 1.24. The Bertz CT molecular complexity index is 667. The number of carbonyl (C=O) groups excluding carboxylic acids is 4. The summed E-state index contributed by atoms with van der Waals surface area (Å²) in [5, 5.41) is 2.73. The van der Waals surface area contributed by atoms with Crippen LogP contribution in [0.25, 0.3) is 0 Å². The zero-order chi connectivity index (χ0) is 19.6. The highest BCUT2D eigenvalue weighted by Gasteiger charge is 2.21. The summed E-state index contributed by atoms with van der Waals surface area (Å²) in [5.74, 6) is -0.105. The van der Waals surface area contributed by atoms with Crippen molar-refractivity contribution in [1.82, 2.24) is 15.1 Å². The normalized spacial score (nSPS) is 14.0. The van der Waals surface area contributed by atoms with Gasteiger partial charge < -0.3 is 15.1 Å². The van der Waals surface area contributed by atoms with Crippen LogP contribution in [0.3, 0.4) is 0 Å². The molecule has 146 valence electrons. The van der Waals surface area contributed by atoms with E-state index in [0.717, 1.165) is 0 Å². The van der Waals surface area contributed by atoms with Crippen molar-refractivity contribution in [3.63, 3.8) is 0 Å². The lowest BCUT2D eigenvalue weighted by Gasteiger charge is -2.34. The molecule has 7 nitrogen and oxygen atoms in total. The second kappa shape index (κ2) is 10.4. The number of rotatable bonds is 8. The van der Waals surface area contributed by atoms with Crippen LogP contribution in [-0.4, -0.2) is 66.0 Å². The molecule has 3 amide bonds. The second-order valence-electron chi connectivity index (χ2n) is 6.63. The highest BCUT2D eigenvalue weighted by Crippen LogP contribution is 2.07. The standard InChI is InChI=1S/C20H27N3O4/c1-16(24)22-12-14-23(15-13-22)20(27)10-11-21-19(26)9-5-8-18(25)17-6-3-2-4-7-17/h2-4,6-7H,5,8-15H2,1H3,(H,21,26). The van der Waals surface area contributed by atoms with Crippen LogP contribution >= 0.6 is 0 Å². The Morgan fingerprint density at radius 3 is 2.15 bits per heavy atom. The molecule has 1 aliphatic heterocycles. The molecule has 0 aromatic heterocycles. The average Bonchev–Trinajstić information content (AvgIpc) is 2.68. The third kappa shape index (κ3) is 6.84. The van der Waals surface area contributed by atoms with Crippen LogP contribution in [0.1, 0.15) is 43.0 Å². The monoisotopic (exact) mass is 373 g/mol. The minimum absolute atomic E-state index is 0.0160. The number of hydrogen-bond acceptors (Lipinski definition) is 4. The number of nitrogens with one attached hydrogen (secondary N) is 1. The predicted molar refractivity (Wildman–Crippen MR) is 101 cm³/mol. The Labute approximate surface area is 159 Å². The van der Waals surface area contributed by atoms with Crippen LogP contribution in [0, 0.1) is 0 Å². The van der Waals surface area contributed by atoms with Gasteiger partial charge in [0.05, 0.1) is 0 Å². The Morgan fingerprint density at radius 1 is 0.889 bits per heavy atom. The van der Waals surface area contributed by atoms with Crippen molar-refractivity contribution in [2.24, 2.45) is 0 Å². The van der Waals surface area contributed by atoms with E-state index in [1.165, 1.54) is 6.92 Å². The molecule has 1 aromatic carbocycles. The van der Waals surface area contributed by atoms with Crippen molar-refractivity contribution in [3.05, 3.63) is 35.9 Å². The van der Waals surface area contributed by atoms with Gasteiger partial charge >= 0.3 is 0 Å². The molecule has 7 heteroatoms. The minimum Gasteiger partial charge on any atom is -0.356 e. The van der Waals surface area contributed by atoms with Gasteiger partial charge in [0.2, 0.25) is 17.7 Å². The zero-order valence-electron chi connectivity index (χ0n) is 15.8. The van der Waals surface area contributed by atoms with Gasteiger partial charge in [-0.25, -0.2) is 0 Å². The number of piperazine rings is 1. The molecule has 0 aliphatic carbocycles. The van der Waals surface area contributed by atoms with Gasteiger partial charge in [0.25, 0.3) is 0 Å². The molecule has 0 spiro atoms. The maximum Gasteiger partial charge on any atom is 0.224 e. The van der Waals surface area contributed by atoms with Crippen LogP contribution in [-0.2, 0) is 14.4 Å². The Hall–Kier alpha value is -2.70. The van der Waals surface area contributed by atoms with Gasteiger partial charge in [-0.15, -0.1) is 0 Å². The molecular weight excluding hydrogens is 346 g/mol. The number of Topliss-reactive ketones (excluding diaryl/α,β-unsaturated/α-hetero) is 1. The molecule has 0 bridgehead atoms. The summed E-state index contributed by atoms with van der Waals surface area (Å²) in [5.41, 5.74) is 0.661. The number of amides is 3. The molecule has 1 aromatic rings. The van der Waals surface area contributed by atoms with Gasteiger partial charge in [0.15, 0.2) is 5.78 Å². The number of carbonyl (C=O) groups is 4. The maximum absolute atomic E-state index is 12.1. The van der Waals surface area contributed by atoms with E-state index in [2.05, 4.69) is 5.32 Å². The van der Waals surface area contributed by atoms with Gasteiger partial charge in [-0.05, 0) is 6.42 Å². The topological polar surface area (TPSA) is 86.8 Å². The summed E-state index contributed by atoms with van der Waals surface area (Å²) in [6.07, 6.45) is 1.33. The largest absolute Gasteiger partial charge is 0.356 e. The van der Waals surface area contributed by atoms with Crippen molar-refractivity contribution >= 4 is 23.5 Å². The van der Waals surface area contributed by atoms with E-state index in [-0.39, 0.29) is 42.9 Å². The molecule has 0 saturated carbocycles. The van der Waals surface area contributed by atoms with Gasteiger partial charge in [0, 0.05) is 64.5 Å². The molecule has 1 aliphatic rings. The Balaban J connectivity index is 1.57. The van der Waals surface area contributed by atoms with E-state index in [1.807, 2.05) is 18.2 Å². The summed E-state index contributed by atoms with van der Waals surface area (Å²) in [6.45, 7) is 4.01. The minimum atomic E-state index is -0.148. The highest BCUT2D eigenvalue weighted by atomic mass is 16.2. The summed E-state index contributed by atoms with van der Waals surface area (Å²) < 4.78 is 0. The number of ketones is 1. The molecule has 0 atom stereocenters. The molecule has 1 heterocycles. The lowest BCUT2D eigenvalue weighted by molar-refractivity contribution is -0.138. The zero-order valence-corrected chi connectivity index (χ0v) is 15.8. The quantitative estimate of drug-likeness (QED) is 0.695. The van der Waals surface area contributed by atoms with Crippen molar-refractivity contribution < 1.29 is 19.2 Å². The third-order valence-electron chi connectivity index (χ3n) is 4.64. The molecular formula is C20H27N3O4. The Kier molecular flexibility index (Phi) is 7.98. The van der Waals surface area contributed by atoms with Crippen molar-refractivity contribution in [2.45, 2.75) is 32.6 Å². The number of nitrogens with zero attached hydrogens (tertiary/aromatic N) is 2. The molecule has 1 fully saturated rings. The molecule has 2 rings (SSSR count). The van der Waals surface area contributed by atoms with Gasteiger partial charge in [0.1, 0.15) is 0 Å². The van der Waals surface area contributed by atoms with Crippen LogP contribution < -0.4 is 5.32 Å². The summed E-state index contributed by atoms with van der Waals surface area (Å²) in [4.78, 5) is 50.7. The lowest BCUT2D eigenvalue weighted by Crippen LogP contribution is -2.50. The molecule has 0 unspecified atom stereocenters. The van der Waals surface area contributed by atoms with Gasteiger partial charge in [-0.3, -0.25) is 19.2 Å². The maximum atomic E-state index is 12.1. The SMILES string of the molecule is CC(=O)N1CCN(C(=O)CCNC(=O)CCCC(=O)c2ccccc2)CC1. The third-order valence-corrected chi connectivity index (χ3v) is 4.64. The van der Waals surface area contributed by atoms with Crippen molar-refractivity contribution in [3.8, 4) is 0 Å². The van der Waals surface area contributed by atoms with E-state index in [9.17, 15) is 19.2 Å². The first-order chi connectivity index (χ1) is 13.0. The summed E-state index contributed by atoms with van der Waals surface area (Å²) in [6, 6.07) is 9.02. The van der Waals surface area contributed by atoms with E-state index in [0.29, 0.717) is 44.6 Å². The number of hydrogen-bond donors (Lipinski definition) is 1. The fraction of sp³-hybridized carbons (Fsp3) is 0.500. The highest BCUT2D eigenvalue weighted by molar-refractivity contribution is 5.96. The van der Waals surface area contributed by atoms with Crippen LogP contribution in [0.2, 0.25) is 0 Å². The fourth-order valence-electron chi connectivity index (χ4n) is 3.00. The lowest BCUT2D eigenvalue weighted by atomic mass is 10.1. The molecule has 1 saturated heterocycles. The van der Waals surface area contributed by atoms with Crippen LogP contribution in [0.4, 0.5) is 0 Å². The first kappa shape index (κ1) is 20.6. The van der Waals surface area contributed by atoms with Gasteiger partial charge in [-0.2, -0.15) is 0 Å². The summed E-state index contributed by atoms with van der Waals surface area (Å²) in [7, 11) is 0. The van der Waals surface area contributed by atoms with Crippen LogP contribution in [0.5, 0.6) is 0 Å². The molecule has 27 heavy (non-hydrogen) atoms. The fourth-order valence-corrected chi connectivity index (χ4v) is 3.00. The average molecular weight is 373 g/mol.